The van der Waals surface area contributed by atoms with Crippen LogP contribution in [0.4, 0.5) is 0 Å². The standard InChI is InChI=1S/C8H10O2/c1-2-3-8-7(6-9)4-5-10-8/h2,4-5,9H,1,3,6H2. The molecule has 0 unspecified atom stereocenters. The van der Waals surface area contributed by atoms with Crippen LogP contribution in [0.3, 0.4) is 0 Å². The van der Waals surface area contributed by atoms with Gasteiger partial charge in [-0.15, -0.1) is 6.58 Å². The van der Waals surface area contributed by atoms with Crippen LogP contribution in [0.1, 0.15) is 11.3 Å². The molecule has 2 heteroatoms. The van der Waals surface area contributed by atoms with Crippen molar-refractivity contribution in [1.82, 2.24) is 0 Å². The maximum atomic E-state index is 8.74. The van der Waals surface area contributed by atoms with Gasteiger partial charge in [0.05, 0.1) is 12.9 Å². The summed E-state index contributed by atoms with van der Waals surface area (Å²) in [5, 5.41) is 8.74. The predicted molar refractivity (Wildman–Crippen MR) is 38.5 cm³/mol. The molecule has 0 aliphatic carbocycles. The predicted octanol–water partition coefficient (Wildman–Crippen LogP) is 1.50. The lowest BCUT2D eigenvalue weighted by Crippen LogP contribution is -1.85. The minimum Gasteiger partial charge on any atom is -0.469 e. The zero-order valence-corrected chi connectivity index (χ0v) is 5.71. The zero-order chi connectivity index (χ0) is 7.40. The average Bonchev–Trinajstić information content (AvgIpc) is 2.36. The molecule has 0 aliphatic heterocycles. The maximum absolute atomic E-state index is 8.74. The van der Waals surface area contributed by atoms with E-state index in [2.05, 4.69) is 6.58 Å². The Hall–Kier alpha value is -1.02. The summed E-state index contributed by atoms with van der Waals surface area (Å²) in [6, 6.07) is 1.76. The second kappa shape index (κ2) is 3.22. The summed E-state index contributed by atoms with van der Waals surface area (Å²) in [7, 11) is 0. The molecule has 1 aromatic rings. The molecule has 0 radical (unpaired) electrons. The summed E-state index contributed by atoms with van der Waals surface area (Å²) in [4.78, 5) is 0. The van der Waals surface area contributed by atoms with E-state index >= 15 is 0 Å². The Morgan fingerprint density at radius 3 is 3.10 bits per heavy atom. The quantitative estimate of drug-likeness (QED) is 0.642. The van der Waals surface area contributed by atoms with Crippen LogP contribution < -0.4 is 0 Å². The van der Waals surface area contributed by atoms with Gasteiger partial charge in [0.1, 0.15) is 5.76 Å². The second-order valence-electron chi connectivity index (χ2n) is 2.02. The third-order valence-electron chi connectivity index (χ3n) is 1.34. The lowest BCUT2D eigenvalue weighted by Gasteiger charge is -1.92. The van der Waals surface area contributed by atoms with Crippen molar-refractivity contribution in [3.05, 3.63) is 36.3 Å². The van der Waals surface area contributed by atoms with Gasteiger partial charge in [-0.25, -0.2) is 0 Å². The van der Waals surface area contributed by atoms with E-state index in [-0.39, 0.29) is 6.61 Å². The van der Waals surface area contributed by atoms with E-state index in [4.69, 9.17) is 9.52 Å². The van der Waals surface area contributed by atoms with E-state index in [1.54, 1.807) is 18.4 Å². The van der Waals surface area contributed by atoms with Gasteiger partial charge in [-0.1, -0.05) is 6.08 Å². The minimum atomic E-state index is 0.0413. The lowest BCUT2D eigenvalue weighted by atomic mass is 10.2. The van der Waals surface area contributed by atoms with E-state index in [1.165, 1.54) is 0 Å². The number of aliphatic hydroxyl groups excluding tert-OH is 1. The van der Waals surface area contributed by atoms with Gasteiger partial charge in [0.2, 0.25) is 0 Å². The Kier molecular flexibility index (Phi) is 2.29. The molecule has 2 nitrogen and oxygen atoms in total. The molecule has 0 spiro atoms. The highest BCUT2D eigenvalue weighted by molar-refractivity contribution is 5.17. The Morgan fingerprint density at radius 2 is 2.50 bits per heavy atom. The van der Waals surface area contributed by atoms with Crippen molar-refractivity contribution in [3.63, 3.8) is 0 Å². The van der Waals surface area contributed by atoms with Crippen LogP contribution in [0, 0.1) is 0 Å². The van der Waals surface area contributed by atoms with Crippen LogP contribution in [0.5, 0.6) is 0 Å². The van der Waals surface area contributed by atoms with Gasteiger partial charge >= 0.3 is 0 Å². The largest absolute Gasteiger partial charge is 0.469 e. The molecular formula is C8H10O2. The van der Waals surface area contributed by atoms with Crippen LogP contribution in [0.2, 0.25) is 0 Å². The number of hydrogen-bond acceptors (Lipinski definition) is 2. The first-order chi connectivity index (χ1) is 4.88. The molecule has 0 saturated heterocycles. The summed E-state index contributed by atoms with van der Waals surface area (Å²) < 4.78 is 5.06. The molecule has 0 aromatic carbocycles. The highest BCUT2D eigenvalue weighted by Crippen LogP contribution is 2.10. The third kappa shape index (κ3) is 1.28. The van der Waals surface area contributed by atoms with Crippen molar-refractivity contribution in [3.8, 4) is 0 Å². The van der Waals surface area contributed by atoms with Crippen molar-refractivity contribution in [1.29, 1.82) is 0 Å². The van der Waals surface area contributed by atoms with E-state index in [1.807, 2.05) is 0 Å². The van der Waals surface area contributed by atoms with Crippen molar-refractivity contribution >= 4 is 0 Å². The minimum absolute atomic E-state index is 0.0413. The Bertz CT molecular complexity index is 213. The van der Waals surface area contributed by atoms with Crippen LogP contribution in [0.25, 0.3) is 0 Å². The highest BCUT2D eigenvalue weighted by atomic mass is 16.3. The van der Waals surface area contributed by atoms with Gasteiger partial charge in [-0.3, -0.25) is 0 Å². The number of furan rings is 1. The van der Waals surface area contributed by atoms with Crippen LogP contribution in [-0.2, 0) is 13.0 Å². The van der Waals surface area contributed by atoms with Gasteiger partial charge < -0.3 is 9.52 Å². The summed E-state index contributed by atoms with van der Waals surface area (Å²) in [5.74, 6) is 0.803. The second-order valence-corrected chi connectivity index (χ2v) is 2.02. The van der Waals surface area contributed by atoms with Crippen LogP contribution >= 0.6 is 0 Å². The molecule has 0 bridgehead atoms. The smallest absolute Gasteiger partial charge is 0.113 e. The molecule has 0 amide bonds. The molecule has 0 saturated carbocycles. The lowest BCUT2D eigenvalue weighted by molar-refractivity contribution is 0.278. The van der Waals surface area contributed by atoms with E-state index in [0.29, 0.717) is 6.42 Å². The number of allylic oxidation sites excluding steroid dienone is 1. The summed E-state index contributed by atoms with van der Waals surface area (Å²) in [5.41, 5.74) is 0.847. The number of rotatable bonds is 3. The van der Waals surface area contributed by atoms with Gasteiger partial charge in [0.25, 0.3) is 0 Å². The summed E-state index contributed by atoms with van der Waals surface area (Å²) in [6.07, 6.45) is 4.01. The molecule has 10 heavy (non-hydrogen) atoms. The molecule has 54 valence electrons. The number of hydrogen-bond donors (Lipinski definition) is 1. The van der Waals surface area contributed by atoms with Gasteiger partial charge in [0.15, 0.2) is 0 Å². The SMILES string of the molecule is C=CCc1occc1CO. The summed E-state index contributed by atoms with van der Waals surface area (Å²) >= 11 is 0. The highest BCUT2D eigenvalue weighted by Gasteiger charge is 2.00. The topological polar surface area (TPSA) is 33.4 Å². The Morgan fingerprint density at radius 1 is 1.70 bits per heavy atom. The van der Waals surface area contributed by atoms with Gasteiger partial charge in [-0.05, 0) is 6.07 Å². The molecule has 1 aromatic heterocycles. The third-order valence-corrected chi connectivity index (χ3v) is 1.34. The first-order valence-electron chi connectivity index (χ1n) is 3.15. The molecule has 1 rings (SSSR count). The van der Waals surface area contributed by atoms with Crippen molar-refractivity contribution in [2.45, 2.75) is 13.0 Å². The van der Waals surface area contributed by atoms with Gasteiger partial charge in [-0.2, -0.15) is 0 Å². The molecule has 1 N–H and O–H groups in total. The fraction of sp³-hybridized carbons (Fsp3) is 0.250. The average molecular weight is 138 g/mol. The van der Waals surface area contributed by atoms with Gasteiger partial charge in [0, 0.05) is 12.0 Å². The molecule has 1 heterocycles. The molecule has 0 fully saturated rings. The Balaban J connectivity index is 2.79. The first kappa shape index (κ1) is 7.09. The van der Waals surface area contributed by atoms with E-state index in [0.717, 1.165) is 11.3 Å². The molecule has 0 aliphatic rings. The molecule has 0 atom stereocenters. The van der Waals surface area contributed by atoms with E-state index < -0.39 is 0 Å². The van der Waals surface area contributed by atoms with Crippen molar-refractivity contribution in [2.24, 2.45) is 0 Å². The fourth-order valence-electron chi connectivity index (χ4n) is 0.818. The Labute approximate surface area is 59.8 Å². The fourth-order valence-corrected chi connectivity index (χ4v) is 0.818. The van der Waals surface area contributed by atoms with Crippen LogP contribution in [-0.4, -0.2) is 5.11 Å². The number of aliphatic hydroxyl groups is 1. The normalized spacial score (nSPS) is 9.70. The molecular weight excluding hydrogens is 128 g/mol. The monoisotopic (exact) mass is 138 g/mol. The van der Waals surface area contributed by atoms with Crippen molar-refractivity contribution in [2.75, 3.05) is 0 Å². The first-order valence-corrected chi connectivity index (χ1v) is 3.15. The summed E-state index contributed by atoms with van der Waals surface area (Å²) in [6.45, 7) is 3.61. The maximum Gasteiger partial charge on any atom is 0.113 e. The zero-order valence-electron chi connectivity index (χ0n) is 5.71. The van der Waals surface area contributed by atoms with E-state index in [9.17, 15) is 0 Å². The van der Waals surface area contributed by atoms with Crippen molar-refractivity contribution < 1.29 is 9.52 Å². The van der Waals surface area contributed by atoms with Crippen LogP contribution in [0.15, 0.2) is 29.4 Å².